The summed E-state index contributed by atoms with van der Waals surface area (Å²) in [5.41, 5.74) is 4.87. The van der Waals surface area contributed by atoms with Crippen LogP contribution >= 0.6 is 11.8 Å². The van der Waals surface area contributed by atoms with Crippen LogP contribution in [0.1, 0.15) is 29.8 Å². The molecule has 2 aliphatic rings. The maximum Gasteiger partial charge on any atom is 0.290 e. The number of thioether (sulfide) groups is 1. The lowest BCUT2D eigenvalue weighted by Crippen LogP contribution is -2.38. The Morgan fingerprint density at radius 3 is 2.80 bits per heavy atom. The quantitative estimate of drug-likeness (QED) is 0.432. The lowest BCUT2D eigenvalue weighted by molar-refractivity contribution is -0.115. The molecule has 3 aromatic heterocycles. The summed E-state index contributed by atoms with van der Waals surface area (Å²) >= 11 is 0.891. The molecular formula is C25H27N7O2S. The monoisotopic (exact) mass is 489 g/mol. The van der Waals surface area contributed by atoms with Gasteiger partial charge in [0.2, 0.25) is 5.95 Å². The molecule has 3 N–H and O–H groups in total. The first kappa shape index (κ1) is 23.3. The summed E-state index contributed by atoms with van der Waals surface area (Å²) in [6.07, 6.45) is 7.33. The lowest BCUT2D eigenvalue weighted by Gasteiger charge is -2.32. The zero-order valence-electron chi connectivity index (χ0n) is 19.5. The van der Waals surface area contributed by atoms with E-state index in [1.807, 2.05) is 18.3 Å². The fourth-order valence-electron chi connectivity index (χ4n) is 4.35. The molecule has 0 aromatic carbocycles. The average Bonchev–Trinajstić information content (AvgIpc) is 3.49. The van der Waals surface area contributed by atoms with Gasteiger partial charge in [0.1, 0.15) is 0 Å². The normalized spacial score (nSPS) is 17.9. The highest BCUT2D eigenvalue weighted by molar-refractivity contribution is 8.18. The number of carbonyl (C=O) groups is 2. The Bertz CT molecular complexity index is 1250. The molecule has 5 rings (SSSR count). The second-order valence-electron chi connectivity index (χ2n) is 8.80. The number of aromatic amines is 1. The van der Waals surface area contributed by atoms with Crippen molar-refractivity contribution in [2.24, 2.45) is 5.92 Å². The number of rotatable bonds is 7. The molecule has 3 aromatic rings. The number of nitrogens with zero attached hydrogens (tertiary/aromatic N) is 4. The molecule has 0 bridgehead atoms. The summed E-state index contributed by atoms with van der Waals surface area (Å²) in [5.74, 6) is 0.852. The number of piperidine rings is 1. The largest absolute Gasteiger partial charge is 0.360 e. The Kier molecular flexibility index (Phi) is 6.91. The van der Waals surface area contributed by atoms with Crippen LogP contribution in [0.5, 0.6) is 0 Å². The second kappa shape index (κ2) is 10.4. The van der Waals surface area contributed by atoms with Crippen molar-refractivity contribution in [3.05, 3.63) is 64.6 Å². The average molecular weight is 490 g/mol. The van der Waals surface area contributed by atoms with Crippen molar-refractivity contribution < 1.29 is 9.59 Å². The number of imide groups is 1. The fraction of sp³-hybridized carbons (Fsp3) is 0.320. The third kappa shape index (κ3) is 5.77. The molecule has 2 amide bonds. The minimum atomic E-state index is -0.380. The third-order valence-corrected chi connectivity index (χ3v) is 6.93. The number of aromatic nitrogens is 4. The van der Waals surface area contributed by atoms with Gasteiger partial charge in [0.25, 0.3) is 11.1 Å². The topological polar surface area (TPSA) is 116 Å². The van der Waals surface area contributed by atoms with Gasteiger partial charge in [0, 0.05) is 32.0 Å². The van der Waals surface area contributed by atoms with Gasteiger partial charge in [-0.05, 0) is 86.0 Å². The zero-order chi connectivity index (χ0) is 24.2. The van der Waals surface area contributed by atoms with E-state index >= 15 is 0 Å². The van der Waals surface area contributed by atoms with Gasteiger partial charge < -0.3 is 15.2 Å². The molecule has 0 radical (unpaired) electrons. The number of H-pyrrole nitrogens is 1. The molecule has 2 saturated heterocycles. The van der Waals surface area contributed by atoms with E-state index in [1.165, 1.54) is 5.56 Å². The van der Waals surface area contributed by atoms with Crippen molar-refractivity contribution in [3.63, 3.8) is 0 Å². The van der Waals surface area contributed by atoms with Gasteiger partial charge in [-0.25, -0.2) is 15.0 Å². The number of anilines is 1. The third-order valence-electron chi connectivity index (χ3n) is 6.12. The van der Waals surface area contributed by atoms with Gasteiger partial charge in [0.05, 0.1) is 27.7 Å². The summed E-state index contributed by atoms with van der Waals surface area (Å²) in [7, 11) is 0. The van der Waals surface area contributed by atoms with Gasteiger partial charge in [-0.1, -0.05) is 0 Å². The van der Waals surface area contributed by atoms with Crippen LogP contribution in [0.4, 0.5) is 10.7 Å². The summed E-state index contributed by atoms with van der Waals surface area (Å²) in [6.45, 7) is 5.53. The molecule has 10 heteroatoms. The van der Waals surface area contributed by atoms with Crippen LogP contribution in [-0.2, 0) is 11.3 Å². The number of hydrogen-bond acceptors (Lipinski definition) is 8. The molecule has 0 unspecified atom stereocenters. The minimum absolute atomic E-state index is 0.354. The number of nitrogens with one attached hydrogen (secondary N) is 3. The van der Waals surface area contributed by atoms with E-state index in [0.29, 0.717) is 22.5 Å². The van der Waals surface area contributed by atoms with Crippen molar-refractivity contribution in [1.82, 2.24) is 30.6 Å². The Labute approximate surface area is 207 Å². The number of pyridine rings is 1. The van der Waals surface area contributed by atoms with E-state index in [4.69, 9.17) is 4.98 Å². The highest BCUT2D eigenvalue weighted by Gasteiger charge is 2.25. The van der Waals surface area contributed by atoms with Crippen LogP contribution in [0.25, 0.3) is 17.5 Å². The van der Waals surface area contributed by atoms with Crippen LogP contribution in [0, 0.1) is 12.8 Å². The van der Waals surface area contributed by atoms with Crippen LogP contribution in [0.15, 0.2) is 47.6 Å². The van der Waals surface area contributed by atoms with Crippen molar-refractivity contribution in [3.8, 4) is 11.4 Å². The molecule has 35 heavy (non-hydrogen) atoms. The summed E-state index contributed by atoms with van der Waals surface area (Å²) in [5, 5.41) is 5.49. The molecule has 180 valence electrons. The number of carbonyl (C=O) groups excluding carboxylic acids is 2. The summed E-state index contributed by atoms with van der Waals surface area (Å²) in [4.78, 5) is 42.7. The highest BCUT2D eigenvalue weighted by Crippen LogP contribution is 2.26. The van der Waals surface area contributed by atoms with Gasteiger partial charge in [-0.15, -0.1) is 0 Å². The molecule has 0 atom stereocenters. The molecule has 0 spiro atoms. The van der Waals surface area contributed by atoms with E-state index < -0.39 is 0 Å². The molecule has 5 heterocycles. The van der Waals surface area contributed by atoms with Gasteiger partial charge in [-0.3, -0.25) is 14.9 Å². The van der Waals surface area contributed by atoms with Crippen LogP contribution < -0.4 is 15.5 Å². The predicted octanol–water partition coefficient (Wildman–Crippen LogP) is 3.51. The summed E-state index contributed by atoms with van der Waals surface area (Å²) < 4.78 is 0. The van der Waals surface area contributed by atoms with E-state index in [2.05, 4.69) is 49.5 Å². The van der Waals surface area contributed by atoms with Crippen molar-refractivity contribution in [1.29, 1.82) is 0 Å². The van der Waals surface area contributed by atoms with Crippen LogP contribution in [0.2, 0.25) is 0 Å². The number of aryl methyl sites for hydroxylation is 1. The number of hydrogen-bond donors (Lipinski definition) is 3. The Morgan fingerprint density at radius 1 is 1.20 bits per heavy atom. The first-order chi connectivity index (χ1) is 17.0. The second-order valence-corrected chi connectivity index (χ2v) is 9.81. The lowest BCUT2D eigenvalue weighted by atomic mass is 9.97. The minimum Gasteiger partial charge on any atom is -0.360 e. The van der Waals surface area contributed by atoms with E-state index in [0.717, 1.165) is 67.9 Å². The SMILES string of the molecule is Cc1cc(CNCC2CCN(c3nccc(/C=C4\SC(=O)NC4=O)n3)CC2)nc(-c2ccc[nH]2)c1. The molecule has 2 fully saturated rings. The van der Waals surface area contributed by atoms with Crippen molar-refractivity contribution in [2.75, 3.05) is 24.5 Å². The first-order valence-corrected chi connectivity index (χ1v) is 12.5. The highest BCUT2D eigenvalue weighted by atomic mass is 32.2. The molecule has 0 aliphatic carbocycles. The fourth-order valence-corrected chi connectivity index (χ4v) is 5.02. The maximum atomic E-state index is 11.8. The van der Waals surface area contributed by atoms with Crippen LogP contribution in [-0.4, -0.2) is 50.7 Å². The smallest absolute Gasteiger partial charge is 0.290 e. The summed E-state index contributed by atoms with van der Waals surface area (Å²) in [6, 6.07) is 9.99. The van der Waals surface area contributed by atoms with E-state index in [1.54, 1.807) is 18.3 Å². The Hall–Kier alpha value is -3.50. The predicted molar refractivity (Wildman–Crippen MR) is 137 cm³/mol. The molecule has 2 aliphatic heterocycles. The number of amides is 2. The Balaban J connectivity index is 1.12. The molecular weight excluding hydrogens is 462 g/mol. The van der Waals surface area contributed by atoms with E-state index in [9.17, 15) is 9.59 Å². The standard InChI is InChI=1S/C25H27N7O2S/c1-16-11-19(29-21(12-16)20-3-2-7-27-20)15-26-14-17-5-9-32(10-6-17)24-28-8-4-18(30-24)13-22-23(33)31-25(34)35-22/h2-4,7-8,11-13,17,26-27H,5-6,9-10,14-15H2,1H3,(H,31,33,34)/b22-13-. The van der Waals surface area contributed by atoms with E-state index in [-0.39, 0.29) is 11.1 Å². The Morgan fingerprint density at radius 2 is 2.06 bits per heavy atom. The van der Waals surface area contributed by atoms with Gasteiger partial charge in [-0.2, -0.15) is 0 Å². The molecule has 9 nitrogen and oxygen atoms in total. The van der Waals surface area contributed by atoms with Crippen molar-refractivity contribution in [2.45, 2.75) is 26.3 Å². The zero-order valence-corrected chi connectivity index (χ0v) is 20.3. The van der Waals surface area contributed by atoms with Gasteiger partial charge >= 0.3 is 0 Å². The van der Waals surface area contributed by atoms with Crippen LogP contribution in [0.3, 0.4) is 0 Å². The first-order valence-electron chi connectivity index (χ1n) is 11.7. The van der Waals surface area contributed by atoms with Gasteiger partial charge in [0.15, 0.2) is 0 Å². The molecule has 0 saturated carbocycles. The maximum absolute atomic E-state index is 11.8. The van der Waals surface area contributed by atoms with Crippen molar-refractivity contribution >= 4 is 34.9 Å².